The van der Waals surface area contributed by atoms with Gasteiger partial charge in [-0.05, 0) is 50.4 Å². The molecule has 4 bridgehead atoms. The highest BCUT2D eigenvalue weighted by atomic mass is 79.9. The number of amides is 2. The van der Waals surface area contributed by atoms with Crippen LogP contribution in [-0.4, -0.2) is 29.2 Å². The van der Waals surface area contributed by atoms with Crippen LogP contribution in [0.2, 0.25) is 0 Å². The fraction of sp³-hybridized carbons (Fsp3) is 0.867. The fourth-order valence-corrected chi connectivity index (χ4v) is 6.47. The summed E-state index contributed by atoms with van der Waals surface area (Å²) in [6.07, 6.45) is 6.90. The first-order valence-corrected chi connectivity index (χ1v) is 8.42. The van der Waals surface area contributed by atoms with Crippen molar-refractivity contribution < 1.29 is 9.59 Å². The Bertz CT molecular complexity index is 424. The molecule has 0 spiro atoms. The van der Waals surface area contributed by atoms with Gasteiger partial charge in [0.2, 0.25) is 11.8 Å². The molecule has 20 heavy (non-hydrogen) atoms. The molecular weight excluding hydrogens is 320 g/mol. The van der Waals surface area contributed by atoms with Crippen LogP contribution in [0.4, 0.5) is 0 Å². The normalized spacial score (nSPS) is 41.5. The van der Waals surface area contributed by atoms with Crippen LogP contribution in [0, 0.1) is 17.3 Å². The van der Waals surface area contributed by atoms with Gasteiger partial charge in [-0.2, -0.15) is 0 Å². The number of rotatable bonds is 4. The average Bonchev–Trinajstić information content (AvgIpc) is 2.31. The van der Waals surface area contributed by atoms with Crippen LogP contribution in [0.1, 0.15) is 45.4 Å². The molecule has 2 amide bonds. The van der Waals surface area contributed by atoms with Crippen LogP contribution in [0.5, 0.6) is 0 Å². The molecule has 0 aromatic rings. The van der Waals surface area contributed by atoms with Crippen molar-refractivity contribution in [1.82, 2.24) is 10.6 Å². The van der Waals surface area contributed by atoms with Gasteiger partial charge >= 0.3 is 0 Å². The predicted molar refractivity (Wildman–Crippen MR) is 80.5 cm³/mol. The van der Waals surface area contributed by atoms with Crippen molar-refractivity contribution >= 4 is 27.7 Å². The molecule has 0 radical (unpaired) electrons. The number of halogens is 1. The van der Waals surface area contributed by atoms with E-state index in [2.05, 4.69) is 26.6 Å². The zero-order chi connectivity index (χ0) is 14.4. The Morgan fingerprint density at radius 1 is 1.10 bits per heavy atom. The summed E-state index contributed by atoms with van der Waals surface area (Å²) in [6.45, 7) is 2.55. The zero-order valence-electron chi connectivity index (χ0n) is 12.0. The second-order valence-corrected chi connectivity index (χ2v) is 8.81. The zero-order valence-corrected chi connectivity index (χ0v) is 13.6. The Hall–Kier alpha value is -0.580. The molecule has 2 unspecified atom stereocenters. The van der Waals surface area contributed by atoms with E-state index in [4.69, 9.17) is 0 Å². The third-order valence-electron chi connectivity index (χ3n) is 5.26. The molecule has 4 rings (SSSR count). The Morgan fingerprint density at radius 3 is 2.25 bits per heavy atom. The molecule has 112 valence electrons. The van der Waals surface area contributed by atoms with Crippen molar-refractivity contribution in [3.8, 4) is 0 Å². The van der Waals surface area contributed by atoms with Crippen LogP contribution < -0.4 is 10.6 Å². The van der Waals surface area contributed by atoms with Crippen molar-refractivity contribution in [3.05, 3.63) is 0 Å². The molecule has 4 nitrogen and oxygen atoms in total. The minimum atomic E-state index is -0.149. The van der Waals surface area contributed by atoms with E-state index in [1.807, 2.05) is 0 Å². The Labute approximate surface area is 128 Å². The van der Waals surface area contributed by atoms with Gasteiger partial charge in [0.1, 0.15) is 0 Å². The van der Waals surface area contributed by atoms with E-state index in [-0.39, 0.29) is 21.6 Å². The van der Waals surface area contributed by atoms with Crippen LogP contribution in [-0.2, 0) is 9.59 Å². The van der Waals surface area contributed by atoms with E-state index in [9.17, 15) is 9.59 Å². The molecule has 4 fully saturated rings. The second-order valence-electron chi connectivity index (χ2n) is 7.13. The van der Waals surface area contributed by atoms with Crippen molar-refractivity contribution in [2.75, 3.05) is 13.1 Å². The highest BCUT2D eigenvalue weighted by Gasteiger charge is 2.59. The third kappa shape index (κ3) is 2.61. The fourth-order valence-electron chi connectivity index (χ4n) is 5.02. The van der Waals surface area contributed by atoms with E-state index in [1.165, 1.54) is 26.2 Å². The maximum Gasteiger partial charge on any atom is 0.226 e. The van der Waals surface area contributed by atoms with Crippen molar-refractivity contribution in [2.24, 2.45) is 17.3 Å². The highest BCUT2D eigenvalue weighted by molar-refractivity contribution is 9.10. The van der Waals surface area contributed by atoms with Crippen molar-refractivity contribution in [1.29, 1.82) is 0 Å². The molecule has 5 heteroatoms. The van der Waals surface area contributed by atoms with Gasteiger partial charge < -0.3 is 10.6 Å². The predicted octanol–water partition coefficient (Wildman–Crippen LogP) is 1.97. The van der Waals surface area contributed by atoms with Gasteiger partial charge in [-0.25, -0.2) is 0 Å². The minimum Gasteiger partial charge on any atom is -0.355 e. The number of nitrogens with one attached hydrogen (secondary N) is 2. The summed E-state index contributed by atoms with van der Waals surface area (Å²) in [5.74, 6) is 1.60. The van der Waals surface area contributed by atoms with E-state index in [0.29, 0.717) is 13.1 Å². The minimum absolute atomic E-state index is 0.0477. The Balaban J connectivity index is 1.61. The van der Waals surface area contributed by atoms with Crippen LogP contribution in [0.3, 0.4) is 0 Å². The lowest BCUT2D eigenvalue weighted by molar-refractivity contribution is -0.144. The summed E-state index contributed by atoms with van der Waals surface area (Å²) in [5.41, 5.74) is -0.149. The molecular formula is C15H23BrN2O2. The molecule has 4 saturated carbocycles. The number of carbonyl (C=O) groups is 2. The maximum absolute atomic E-state index is 12.6. The topological polar surface area (TPSA) is 58.2 Å². The molecule has 0 aliphatic heterocycles. The van der Waals surface area contributed by atoms with E-state index < -0.39 is 0 Å². The van der Waals surface area contributed by atoms with E-state index in [1.54, 1.807) is 0 Å². The van der Waals surface area contributed by atoms with Gasteiger partial charge in [-0.3, -0.25) is 9.59 Å². The average molecular weight is 343 g/mol. The number of alkyl halides is 1. The van der Waals surface area contributed by atoms with Gasteiger partial charge in [0.15, 0.2) is 0 Å². The molecule has 0 saturated heterocycles. The number of hydrogen-bond donors (Lipinski definition) is 2. The first kappa shape index (κ1) is 14.4. The summed E-state index contributed by atoms with van der Waals surface area (Å²) < 4.78 is 0.214. The standard InChI is InChI=1S/C15H23BrN2O2/c1-10(19)17-2-3-18-13(20)14-5-11-4-12(6-14)8-15(16,7-11)9-14/h11-12H,2-9H2,1H3,(H,17,19)(H,18,20). The number of carbonyl (C=O) groups excluding carboxylic acids is 2. The first-order chi connectivity index (χ1) is 9.41. The van der Waals surface area contributed by atoms with Crippen LogP contribution >= 0.6 is 15.9 Å². The third-order valence-corrected chi connectivity index (χ3v) is 6.18. The van der Waals surface area contributed by atoms with Crippen LogP contribution in [0.25, 0.3) is 0 Å². The maximum atomic E-state index is 12.6. The lowest BCUT2D eigenvalue weighted by atomic mass is 9.49. The molecule has 2 N–H and O–H groups in total. The molecule has 2 atom stereocenters. The monoisotopic (exact) mass is 342 g/mol. The first-order valence-electron chi connectivity index (χ1n) is 7.63. The molecule has 0 heterocycles. The van der Waals surface area contributed by atoms with E-state index >= 15 is 0 Å². The summed E-state index contributed by atoms with van der Waals surface area (Å²) in [4.78, 5) is 23.5. The van der Waals surface area contributed by atoms with Crippen molar-refractivity contribution in [2.45, 2.75) is 49.8 Å². The van der Waals surface area contributed by atoms with E-state index in [0.717, 1.165) is 31.1 Å². The lowest BCUT2D eigenvalue weighted by Crippen LogP contribution is -2.58. The summed E-state index contributed by atoms with van der Waals surface area (Å²) in [7, 11) is 0. The molecule has 0 aromatic heterocycles. The summed E-state index contributed by atoms with van der Waals surface area (Å²) >= 11 is 3.92. The second kappa shape index (κ2) is 5.00. The highest BCUT2D eigenvalue weighted by Crippen LogP contribution is 2.64. The van der Waals surface area contributed by atoms with Crippen molar-refractivity contribution in [3.63, 3.8) is 0 Å². The lowest BCUT2D eigenvalue weighted by Gasteiger charge is -2.59. The molecule has 0 aromatic carbocycles. The van der Waals surface area contributed by atoms with Gasteiger partial charge in [-0.15, -0.1) is 0 Å². The Morgan fingerprint density at radius 2 is 1.70 bits per heavy atom. The SMILES string of the molecule is CC(=O)NCCNC(=O)C12CC3CC(CC(Br)(C3)C1)C2. The molecule has 4 aliphatic carbocycles. The van der Waals surface area contributed by atoms with Gasteiger partial charge in [0.05, 0.1) is 5.41 Å². The van der Waals surface area contributed by atoms with Gasteiger partial charge in [0, 0.05) is 24.3 Å². The Kier molecular flexibility index (Phi) is 3.59. The quantitative estimate of drug-likeness (QED) is 0.606. The summed E-state index contributed by atoms with van der Waals surface area (Å²) in [6, 6.07) is 0. The summed E-state index contributed by atoms with van der Waals surface area (Å²) in [5, 5.41) is 5.76. The van der Waals surface area contributed by atoms with Gasteiger partial charge in [-0.1, -0.05) is 15.9 Å². The van der Waals surface area contributed by atoms with Gasteiger partial charge in [0.25, 0.3) is 0 Å². The molecule has 4 aliphatic rings. The van der Waals surface area contributed by atoms with Crippen LogP contribution in [0.15, 0.2) is 0 Å². The largest absolute Gasteiger partial charge is 0.355 e. The number of hydrogen-bond acceptors (Lipinski definition) is 2. The smallest absolute Gasteiger partial charge is 0.226 e.